The van der Waals surface area contributed by atoms with Crippen LogP contribution >= 0.6 is 0 Å². The Morgan fingerprint density at radius 2 is 1.88 bits per heavy atom. The lowest BCUT2D eigenvalue weighted by molar-refractivity contribution is -0.141. The Morgan fingerprint density at radius 1 is 1.20 bits per heavy atom. The standard InChI is InChI=1S/C16H17F3N2O3S/c1-2-3-8-24-15-20-13(9-14(21-15)16(17,18)19)12-6-4-11(5-7-12)10-25(22)23/h4-7,9H,2-3,8,10H2,1H3,(H,22,23). The van der Waals surface area contributed by atoms with E-state index in [4.69, 9.17) is 9.29 Å². The van der Waals surface area contributed by atoms with Gasteiger partial charge in [0.15, 0.2) is 16.8 Å². The van der Waals surface area contributed by atoms with E-state index in [9.17, 15) is 17.4 Å². The van der Waals surface area contributed by atoms with Gasteiger partial charge in [-0.2, -0.15) is 23.1 Å². The molecule has 1 atom stereocenters. The van der Waals surface area contributed by atoms with Crippen molar-refractivity contribution in [2.45, 2.75) is 31.7 Å². The highest BCUT2D eigenvalue weighted by atomic mass is 32.2. The van der Waals surface area contributed by atoms with E-state index in [1.165, 1.54) is 0 Å². The van der Waals surface area contributed by atoms with Crippen LogP contribution in [0, 0.1) is 0 Å². The quantitative estimate of drug-likeness (QED) is 0.584. The number of benzene rings is 1. The van der Waals surface area contributed by atoms with Gasteiger partial charge in [0.1, 0.15) is 0 Å². The van der Waals surface area contributed by atoms with Crippen LogP contribution in [0.2, 0.25) is 0 Å². The van der Waals surface area contributed by atoms with E-state index in [1.54, 1.807) is 24.3 Å². The van der Waals surface area contributed by atoms with Crippen molar-refractivity contribution in [3.05, 3.63) is 41.6 Å². The predicted octanol–water partition coefficient (Wildman–Crippen LogP) is 4.06. The van der Waals surface area contributed by atoms with Crippen molar-refractivity contribution in [2.24, 2.45) is 0 Å². The van der Waals surface area contributed by atoms with Gasteiger partial charge in [0, 0.05) is 5.56 Å². The predicted molar refractivity (Wildman–Crippen MR) is 87.3 cm³/mol. The smallest absolute Gasteiger partial charge is 0.433 e. The van der Waals surface area contributed by atoms with Crippen molar-refractivity contribution >= 4 is 11.1 Å². The number of unbranched alkanes of at least 4 members (excludes halogenated alkanes) is 1. The van der Waals surface area contributed by atoms with Crippen molar-refractivity contribution in [1.82, 2.24) is 9.97 Å². The summed E-state index contributed by atoms with van der Waals surface area (Å²) in [5.41, 5.74) is 0.0184. The molecule has 0 bridgehead atoms. The van der Waals surface area contributed by atoms with Crippen molar-refractivity contribution in [1.29, 1.82) is 0 Å². The summed E-state index contributed by atoms with van der Waals surface area (Å²) in [6.07, 6.45) is -3.10. The molecule has 0 amide bonds. The minimum Gasteiger partial charge on any atom is -0.463 e. The van der Waals surface area contributed by atoms with Crippen LogP contribution in [0.25, 0.3) is 11.3 Å². The lowest BCUT2D eigenvalue weighted by atomic mass is 10.1. The number of rotatable bonds is 7. The average Bonchev–Trinajstić information content (AvgIpc) is 2.54. The normalized spacial score (nSPS) is 12.8. The fraction of sp³-hybridized carbons (Fsp3) is 0.375. The van der Waals surface area contributed by atoms with Gasteiger partial charge in [0.05, 0.1) is 18.1 Å². The van der Waals surface area contributed by atoms with Crippen LogP contribution in [0.1, 0.15) is 31.0 Å². The lowest BCUT2D eigenvalue weighted by Gasteiger charge is -2.11. The lowest BCUT2D eigenvalue weighted by Crippen LogP contribution is -2.11. The Morgan fingerprint density at radius 3 is 2.44 bits per heavy atom. The van der Waals surface area contributed by atoms with Gasteiger partial charge in [-0.15, -0.1) is 0 Å². The number of alkyl halides is 3. The van der Waals surface area contributed by atoms with Gasteiger partial charge in [-0.1, -0.05) is 37.6 Å². The maximum Gasteiger partial charge on any atom is 0.433 e. The van der Waals surface area contributed by atoms with E-state index >= 15 is 0 Å². The third kappa shape index (κ3) is 5.79. The van der Waals surface area contributed by atoms with Crippen molar-refractivity contribution < 1.29 is 26.7 Å². The zero-order chi connectivity index (χ0) is 18.4. The zero-order valence-electron chi connectivity index (χ0n) is 13.4. The summed E-state index contributed by atoms with van der Waals surface area (Å²) in [5, 5.41) is 0. The summed E-state index contributed by atoms with van der Waals surface area (Å²) >= 11 is -1.99. The third-order valence-electron chi connectivity index (χ3n) is 3.26. The second-order valence-corrected chi connectivity index (χ2v) is 6.22. The molecule has 0 saturated heterocycles. The summed E-state index contributed by atoms with van der Waals surface area (Å²) in [5.74, 6) is -0.0523. The fourth-order valence-corrected chi connectivity index (χ4v) is 2.48. The minimum absolute atomic E-state index is 0.0523. The van der Waals surface area contributed by atoms with Crippen LogP contribution in [0.5, 0.6) is 6.01 Å². The van der Waals surface area contributed by atoms with Crippen LogP contribution < -0.4 is 4.74 Å². The molecule has 0 fully saturated rings. The Labute approximate surface area is 145 Å². The fourth-order valence-electron chi connectivity index (χ4n) is 2.00. The zero-order valence-corrected chi connectivity index (χ0v) is 14.2. The topological polar surface area (TPSA) is 72.3 Å². The van der Waals surface area contributed by atoms with Crippen LogP contribution in [-0.2, 0) is 23.0 Å². The molecule has 9 heteroatoms. The summed E-state index contributed by atoms with van der Waals surface area (Å²) in [6, 6.07) is 6.75. The highest BCUT2D eigenvalue weighted by Crippen LogP contribution is 2.31. The molecular weight excluding hydrogens is 357 g/mol. The highest BCUT2D eigenvalue weighted by molar-refractivity contribution is 7.78. The number of hydrogen-bond acceptors (Lipinski definition) is 4. The second-order valence-electron chi connectivity index (χ2n) is 5.28. The van der Waals surface area contributed by atoms with Gasteiger partial charge in [-0.05, 0) is 18.1 Å². The molecule has 1 N–H and O–H groups in total. The van der Waals surface area contributed by atoms with Crippen LogP contribution in [0.4, 0.5) is 13.2 Å². The first kappa shape index (κ1) is 19.3. The van der Waals surface area contributed by atoms with Crippen molar-refractivity contribution in [3.63, 3.8) is 0 Å². The molecule has 0 saturated carbocycles. The average molecular weight is 374 g/mol. The summed E-state index contributed by atoms with van der Waals surface area (Å²) in [6.45, 7) is 2.17. The van der Waals surface area contributed by atoms with E-state index in [1.807, 2.05) is 6.92 Å². The monoisotopic (exact) mass is 374 g/mol. The first-order chi connectivity index (χ1) is 11.8. The largest absolute Gasteiger partial charge is 0.463 e. The second kappa shape index (κ2) is 8.39. The van der Waals surface area contributed by atoms with Gasteiger partial charge >= 0.3 is 12.2 Å². The maximum atomic E-state index is 13.1. The van der Waals surface area contributed by atoms with Gasteiger partial charge in [-0.3, -0.25) is 0 Å². The molecule has 1 unspecified atom stereocenters. The molecule has 2 rings (SSSR count). The van der Waals surface area contributed by atoms with Gasteiger partial charge < -0.3 is 9.29 Å². The Balaban J connectivity index is 2.34. The molecule has 2 aromatic rings. The molecule has 1 aromatic carbocycles. The van der Waals surface area contributed by atoms with Crippen LogP contribution in [0.15, 0.2) is 30.3 Å². The summed E-state index contributed by atoms with van der Waals surface area (Å²) in [4.78, 5) is 7.46. The first-order valence-corrected chi connectivity index (χ1v) is 8.83. The number of aromatic nitrogens is 2. The van der Waals surface area contributed by atoms with Crippen LogP contribution in [-0.4, -0.2) is 25.3 Å². The molecule has 0 radical (unpaired) electrons. The SMILES string of the molecule is CCCCOc1nc(-c2ccc(CS(=O)O)cc2)cc(C(F)(F)F)n1. The molecule has 0 aliphatic rings. The van der Waals surface area contributed by atoms with Gasteiger partial charge in [-0.25, -0.2) is 4.21 Å². The molecule has 0 spiro atoms. The summed E-state index contributed by atoms with van der Waals surface area (Å²) in [7, 11) is 0. The van der Waals surface area contributed by atoms with E-state index in [0.29, 0.717) is 17.5 Å². The van der Waals surface area contributed by atoms with Crippen molar-refractivity contribution in [3.8, 4) is 17.3 Å². The highest BCUT2D eigenvalue weighted by Gasteiger charge is 2.34. The maximum absolute atomic E-state index is 13.1. The van der Waals surface area contributed by atoms with Gasteiger partial charge in [0.25, 0.3) is 0 Å². The molecule has 136 valence electrons. The van der Waals surface area contributed by atoms with E-state index in [-0.39, 0.29) is 24.1 Å². The van der Waals surface area contributed by atoms with Gasteiger partial charge in [0.2, 0.25) is 0 Å². The van der Waals surface area contributed by atoms with E-state index < -0.39 is 23.0 Å². The van der Waals surface area contributed by atoms with E-state index in [2.05, 4.69) is 9.97 Å². The number of nitrogens with zero attached hydrogens (tertiary/aromatic N) is 2. The minimum atomic E-state index is -4.62. The Hall–Kier alpha value is -2.00. The number of ether oxygens (including phenoxy) is 1. The number of halogens is 3. The molecule has 1 aromatic heterocycles. The summed E-state index contributed by atoms with van der Waals surface area (Å²) < 4.78 is 64.0. The molecule has 5 nitrogen and oxygen atoms in total. The molecule has 1 heterocycles. The molecule has 0 aliphatic heterocycles. The molecular formula is C16H17F3N2O3S. The Bertz CT molecular complexity index is 736. The first-order valence-electron chi connectivity index (χ1n) is 7.55. The Kier molecular flexibility index (Phi) is 6.49. The molecule has 25 heavy (non-hydrogen) atoms. The van der Waals surface area contributed by atoms with Crippen molar-refractivity contribution in [2.75, 3.05) is 6.61 Å². The molecule has 0 aliphatic carbocycles. The number of hydrogen-bond donors (Lipinski definition) is 1. The third-order valence-corrected chi connectivity index (χ3v) is 3.85. The van der Waals surface area contributed by atoms with E-state index in [0.717, 1.165) is 12.5 Å². The van der Waals surface area contributed by atoms with Crippen LogP contribution in [0.3, 0.4) is 0 Å².